The minimum Gasteiger partial charge on any atom is -0.400 e. The van der Waals surface area contributed by atoms with Crippen LogP contribution >= 0.6 is 0 Å². The molecule has 1 aromatic rings. The highest BCUT2D eigenvalue weighted by Gasteiger charge is 2.52. The molecule has 1 fully saturated rings. The Morgan fingerprint density at radius 3 is 1.92 bits per heavy atom. The van der Waals surface area contributed by atoms with E-state index in [1.54, 1.807) is 0 Å². The molecule has 142 valence electrons. The van der Waals surface area contributed by atoms with Crippen molar-refractivity contribution < 1.29 is 14.1 Å². The van der Waals surface area contributed by atoms with Crippen molar-refractivity contribution in [2.75, 3.05) is 6.54 Å². The molecule has 1 aromatic carbocycles. The lowest BCUT2D eigenvalue weighted by Gasteiger charge is -2.32. The second kappa shape index (κ2) is 7.20. The Bertz CT molecular complexity index is 708. The molecule has 4 nitrogen and oxygen atoms in total. The molecule has 1 aliphatic rings. The van der Waals surface area contributed by atoms with Crippen LogP contribution in [0.15, 0.2) is 11.5 Å². The third kappa shape index (κ3) is 4.04. The third-order valence-electron chi connectivity index (χ3n) is 5.85. The van der Waals surface area contributed by atoms with Crippen LogP contribution in [0.2, 0.25) is 0 Å². The summed E-state index contributed by atoms with van der Waals surface area (Å²) in [6, 6.07) is 2.21. The number of aryl methyl sites for hydroxylation is 2. The molecule has 1 heterocycles. The van der Waals surface area contributed by atoms with E-state index < -0.39 is 18.3 Å². The summed E-state index contributed by atoms with van der Waals surface area (Å²) in [5.74, 6) is -0.0683. The SMILES string of the molecule is CC(=O)NCC(=Cc1c(C)c(C)cc(C)c1C)B1OC(C)(C)C(C)(C)O1. The Hall–Kier alpha value is -1.59. The zero-order chi connectivity index (χ0) is 19.9. The van der Waals surface area contributed by atoms with Crippen LogP contribution in [-0.4, -0.2) is 30.8 Å². The Labute approximate surface area is 158 Å². The van der Waals surface area contributed by atoms with Crippen molar-refractivity contribution in [2.24, 2.45) is 0 Å². The van der Waals surface area contributed by atoms with Crippen LogP contribution < -0.4 is 5.32 Å². The lowest BCUT2D eigenvalue weighted by atomic mass is 9.76. The first-order valence-corrected chi connectivity index (χ1v) is 9.23. The summed E-state index contributed by atoms with van der Waals surface area (Å²) in [5, 5.41) is 2.90. The van der Waals surface area contributed by atoms with Crippen LogP contribution in [0.5, 0.6) is 0 Å². The predicted molar refractivity (Wildman–Crippen MR) is 108 cm³/mol. The molecule has 1 aliphatic heterocycles. The number of carbonyl (C=O) groups excluding carboxylic acids is 1. The van der Waals surface area contributed by atoms with Gasteiger partial charge in [-0.3, -0.25) is 4.79 Å². The normalized spacial score (nSPS) is 19.0. The summed E-state index contributed by atoms with van der Waals surface area (Å²) < 4.78 is 12.5. The fourth-order valence-corrected chi connectivity index (χ4v) is 3.07. The maximum absolute atomic E-state index is 11.5. The van der Waals surface area contributed by atoms with Crippen LogP contribution in [-0.2, 0) is 14.1 Å². The van der Waals surface area contributed by atoms with Gasteiger partial charge >= 0.3 is 7.12 Å². The lowest BCUT2D eigenvalue weighted by molar-refractivity contribution is -0.118. The van der Waals surface area contributed by atoms with E-state index in [2.05, 4.69) is 45.2 Å². The maximum Gasteiger partial charge on any atom is 0.492 e. The standard InChI is InChI=1S/C21H32BNO3/c1-13-10-14(2)16(4)19(15(13)3)11-18(12-23-17(5)24)22-25-20(6,7)21(8,9)26-22/h10-11H,12H2,1-9H3,(H,23,24). The Morgan fingerprint density at radius 1 is 1.04 bits per heavy atom. The Kier molecular flexibility index (Phi) is 5.74. The van der Waals surface area contributed by atoms with Gasteiger partial charge in [-0.1, -0.05) is 12.1 Å². The monoisotopic (exact) mass is 357 g/mol. The van der Waals surface area contributed by atoms with E-state index in [1.165, 1.54) is 34.7 Å². The van der Waals surface area contributed by atoms with Crippen LogP contribution in [0.25, 0.3) is 6.08 Å². The number of rotatable bonds is 4. The highest BCUT2D eigenvalue weighted by atomic mass is 16.7. The first-order chi connectivity index (χ1) is 11.9. The maximum atomic E-state index is 11.5. The lowest BCUT2D eigenvalue weighted by Crippen LogP contribution is -2.41. The van der Waals surface area contributed by atoms with Gasteiger partial charge < -0.3 is 14.6 Å². The van der Waals surface area contributed by atoms with Gasteiger partial charge in [-0.25, -0.2) is 0 Å². The molecule has 1 saturated heterocycles. The molecule has 1 amide bonds. The topological polar surface area (TPSA) is 47.6 Å². The molecular formula is C21H32BNO3. The van der Waals surface area contributed by atoms with Crippen molar-refractivity contribution in [2.45, 2.75) is 73.5 Å². The van der Waals surface area contributed by atoms with Gasteiger partial charge in [0.15, 0.2) is 0 Å². The van der Waals surface area contributed by atoms with Gasteiger partial charge in [-0.15, -0.1) is 0 Å². The van der Waals surface area contributed by atoms with Gasteiger partial charge in [0.2, 0.25) is 5.91 Å². The average molecular weight is 357 g/mol. The van der Waals surface area contributed by atoms with Crippen molar-refractivity contribution in [1.82, 2.24) is 5.32 Å². The molecule has 26 heavy (non-hydrogen) atoms. The van der Waals surface area contributed by atoms with E-state index in [0.29, 0.717) is 6.54 Å². The second-order valence-electron chi connectivity index (χ2n) is 8.39. The van der Waals surface area contributed by atoms with Gasteiger partial charge in [0.25, 0.3) is 0 Å². The molecule has 0 aliphatic carbocycles. The molecule has 0 spiro atoms. The van der Waals surface area contributed by atoms with Crippen molar-refractivity contribution in [3.05, 3.63) is 39.4 Å². The Balaban J connectivity index is 2.50. The molecule has 0 atom stereocenters. The van der Waals surface area contributed by atoms with Crippen LogP contribution in [0, 0.1) is 27.7 Å². The van der Waals surface area contributed by atoms with E-state index in [1.807, 2.05) is 27.7 Å². The number of nitrogens with one attached hydrogen (secondary N) is 1. The third-order valence-corrected chi connectivity index (χ3v) is 5.85. The summed E-state index contributed by atoms with van der Waals surface area (Å²) in [7, 11) is -0.480. The second-order valence-corrected chi connectivity index (χ2v) is 8.39. The largest absolute Gasteiger partial charge is 0.492 e. The van der Waals surface area contributed by atoms with E-state index in [9.17, 15) is 4.79 Å². The summed E-state index contributed by atoms with van der Waals surface area (Å²) in [4.78, 5) is 11.5. The summed E-state index contributed by atoms with van der Waals surface area (Å²) in [5.41, 5.74) is 6.26. The molecule has 5 heteroatoms. The van der Waals surface area contributed by atoms with E-state index in [0.717, 1.165) is 5.47 Å². The van der Waals surface area contributed by atoms with Crippen molar-refractivity contribution in [1.29, 1.82) is 0 Å². The van der Waals surface area contributed by atoms with E-state index >= 15 is 0 Å². The highest BCUT2D eigenvalue weighted by molar-refractivity contribution is 6.56. The fraction of sp³-hybridized carbons (Fsp3) is 0.571. The van der Waals surface area contributed by atoms with Gasteiger partial charge in [-0.2, -0.15) is 0 Å². The quantitative estimate of drug-likeness (QED) is 0.827. The summed E-state index contributed by atoms with van der Waals surface area (Å²) in [6.07, 6.45) is 2.13. The highest BCUT2D eigenvalue weighted by Crippen LogP contribution is 2.39. The molecular weight excluding hydrogens is 325 g/mol. The number of hydrogen-bond acceptors (Lipinski definition) is 3. The zero-order valence-corrected chi connectivity index (χ0v) is 17.7. The van der Waals surface area contributed by atoms with Crippen LogP contribution in [0.3, 0.4) is 0 Å². The number of carbonyl (C=O) groups is 1. The number of hydrogen-bond donors (Lipinski definition) is 1. The molecule has 0 aromatic heterocycles. The summed E-state index contributed by atoms with van der Waals surface area (Å²) >= 11 is 0. The molecule has 0 saturated carbocycles. The first kappa shape index (κ1) is 20.7. The Morgan fingerprint density at radius 2 is 1.50 bits per heavy atom. The average Bonchev–Trinajstić information content (AvgIpc) is 2.72. The molecule has 0 bridgehead atoms. The van der Waals surface area contributed by atoms with Crippen molar-refractivity contribution in [3.63, 3.8) is 0 Å². The molecule has 1 N–H and O–H groups in total. The van der Waals surface area contributed by atoms with Crippen LogP contribution in [0.1, 0.15) is 62.4 Å². The predicted octanol–water partition coefficient (Wildman–Crippen LogP) is 4.07. The van der Waals surface area contributed by atoms with Crippen molar-refractivity contribution in [3.8, 4) is 0 Å². The summed E-state index contributed by atoms with van der Waals surface area (Å²) in [6.45, 7) is 18.6. The minimum absolute atomic E-state index is 0.0683. The minimum atomic E-state index is -0.480. The van der Waals surface area contributed by atoms with Gasteiger partial charge in [0, 0.05) is 13.5 Å². The molecule has 0 radical (unpaired) electrons. The number of amides is 1. The molecule has 0 unspecified atom stereocenters. The zero-order valence-electron chi connectivity index (χ0n) is 17.7. The van der Waals surface area contributed by atoms with Gasteiger partial charge in [-0.05, 0) is 88.7 Å². The van der Waals surface area contributed by atoms with Gasteiger partial charge in [0.1, 0.15) is 0 Å². The first-order valence-electron chi connectivity index (χ1n) is 9.23. The van der Waals surface area contributed by atoms with E-state index in [-0.39, 0.29) is 5.91 Å². The van der Waals surface area contributed by atoms with Crippen LogP contribution in [0.4, 0.5) is 0 Å². The fourth-order valence-electron chi connectivity index (χ4n) is 3.07. The van der Waals surface area contributed by atoms with Crippen molar-refractivity contribution >= 4 is 19.1 Å². The van der Waals surface area contributed by atoms with E-state index in [4.69, 9.17) is 9.31 Å². The smallest absolute Gasteiger partial charge is 0.400 e. The van der Waals surface area contributed by atoms with Gasteiger partial charge in [0.05, 0.1) is 11.2 Å². The molecule has 2 rings (SSSR count). The number of benzene rings is 1.